The van der Waals surface area contributed by atoms with Crippen molar-refractivity contribution in [1.29, 1.82) is 0 Å². The van der Waals surface area contributed by atoms with Crippen LogP contribution in [0, 0.1) is 50.7 Å². The largest absolute Gasteiger partial charge is 0.563 e. The summed E-state index contributed by atoms with van der Waals surface area (Å²) >= 11 is 0. The molecule has 0 heterocycles. The predicted molar refractivity (Wildman–Crippen MR) is 25.3 cm³/mol. The van der Waals surface area contributed by atoms with E-state index in [9.17, 15) is 0 Å². The zero-order valence-electron chi connectivity index (χ0n) is 4.81. The Hall–Kier alpha value is 1.28. The summed E-state index contributed by atoms with van der Waals surface area (Å²) in [4.78, 5) is 0. The topological polar surface area (TPSA) is 80.9 Å². The Morgan fingerprint density at radius 1 is 1.33 bits per heavy atom. The molecule has 2 atom stereocenters. The van der Waals surface area contributed by atoms with Gasteiger partial charge in [0.2, 0.25) is 0 Å². The Bertz CT molecular complexity index is 52.5. The van der Waals surface area contributed by atoms with Gasteiger partial charge in [-0.1, -0.05) is 0 Å². The van der Waals surface area contributed by atoms with Crippen molar-refractivity contribution in [2.45, 2.75) is 12.2 Å². The molecule has 0 unspecified atom stereocenters. The number of aliphatic hydroxyl groups is 4. The fraction of sp³-hybridized carbons (Fsp3) is 0.750. The van der Waals surface area contributed by atoms with E-state index in [0.29, 0.717) is 6.61 Å². The van der Waals surface area contributed by atoms with Crippen molar-refractivity contribution >= 4 is 0 Å². The minimum Gasteiger partial charge on any atom is -0.563 e. The van der Waals surface area contributed by atoms with Crippen molar-refractivity contribution in [2.75, 3.05) is 6.61 Å². The molecule has 0 saturated heterocycles. The minimum absolute atomic E-state index is 0. The molecular weight excluding hydrogens is 339 g/mol. The van der Waals surface area contributed by atoms with Crippen molar-refractivity contribution in [1.82, 2.24) is 0 Å². The monoisotopic (exact) mass is 348 g/mol. The standard InChI is InChI=1S/C4H9O4.Ac/c5-1-3(7)4(8)2-6;/h1,3-8H,2H2;/q-1;/t3-,4+;/m0./s1. The van der Waals surface area contributed by atoms with E-state index in [1.807, 2.05) is 0 Å². The third-order valence-corrected chi connectivity index (χ3v) is 0.734. The molecule has 5 heteroatoms. The van der Waals surface area contributed by atoms with Crippen LogP contribution in [0.1, 0.15) is 0 Å². The molecule has 9 heavy (non-hydrogen) atoms. The minimum atomic E-state index is -1.35. The second-order valence-electron chi connectivity index (χ2n) is 1.39. The Balaban J connectivity index is 0. The van der Waals surface area contributed by atoms with Crippen LogP contribution in [-0.4, -0.2) is 39.2 Å². The first kappa shape index (κ1) is 12.9. The van der Waals surface area contributed by atoms with Gasteiger partial charge < -0.3 is 20.4 Å². The van der Waals surface area contributed by atoms with E-state index < -0.39 is 18.8 Å². The summed E-state index contributed by atoms with van der Waals surface area (Å²) in [5.74, 6) is 0. The van der Waals surface area contributed by atoms with E-state index in [4.69, 9.17) is 20.4 Å². The molecule has 0 aromatic rings. The molecule has 0 saturated carbocycles. The second kappa shape index (κ2) is 7.39. The molecule has 0 aromatic heterocycles. The molecular formula is C4H9AcO4-. The molecule has 0 aliphatic heterocycles. The molecule has 0 fully saturated rings. The maximum atomic E-state index is 8.44. The molecule has 4 nitrogen and oxygen atoms in total. The van der Waals surface area contributed by atoms with E-state index in [2.05, 4.69) is 0 Å². The van der Waals surface area contributed by atoms with Crippen LogP contribution < -0.4 is 0 Å². The van der Waals surface area contributed by atoms with Crippen LogP contribution in [0.15, 0.2) is 0 Å². The van der Waals surface area contributed by atoms with Crippen molar-refractivity contribution in [3.63, 3.8) is 0 Å². The van der Waals surface area contributed by atoms with Crippen molar-refractivity contribution < 1.29 is 64.5 Å². The second-order valence-corrected chi connectivity index (χ2v) is 1.39. The van der Waals surface area contributed by atoms with E-state index in [1.165, 1.54) is 0 Å². The van der Waals surface area contributed by atoms with Crippen LogP contribution in [0.3, 0.4) is 0 Å². The summed E-state index contributed by atoms with van der Waals surface area (Å²) in [6.45, 7) is -0.140. The van der Waals surface area contributed by atoms with Gasteiger partial charge in [0.25, 0.3) is 0 Å². The Kier molecular flexibility index (Phi) is 10.6. The van der Waals surface area contributed by atoms with E-state index in [-0.39, 0.29) is 44.1 Å². The van der Waals surface area contributed by atoms with Gasteiger partial charge in [0, 0.05) is 44.1 Å². The van der Waals surface area contributed by atoms with Crippen molar-refractivity contribution in [3.05, 3.63) is 6.61 Å². The zero-order chi connectivity index (χ0) is 6.57. The number of hydrogen-bond acceptors (Lipinski definition) is 4. The molecule has 0 bridgehead atoms. The molecule has 4 N–H and O–H groups in total. The smallest absolute Gasteiger partial charge is 0.0769 e. The average molecular weight is 348 g/mol. The first-order valence-corrected chi connectivity index (χ1v) is 2.17. The molecule has 0 aliphatic carbocycles. The van der Waals surface area contributed by atoms with E-state index in [1.54, 1.807) is 0 Å². The SMILES string of the molecule is O[CH-][C@H](O)[C@H](O)CO.[Ac]. The molecule has 53 valence electrons. The average Bonchev–Trinajstić information content (AvgIpc) is 1.84. The van der Waals surface area contributed by atoms with Crippen LogP contribution in [0.5, 0.6) is 0 Å². The van der Waals surface area contributed by atoms with Crippen molar-refractivity contribution in [2.24, 2.45) is 0 Å². The van der Waals surface area contributed by atoms with E-state index in [0.717, 1.165) is 0 Å². The molecule has 0 rings (SSSR count). The number of aliphatic hydroxyl groups excluding tert-OH is 4. The predicted octanol–water partition coefficient (Wildman–Crippen LogP) is -1.77. The van der Waals surface area contributed by atoms with Gasteiger partial charge in [0.15, 0.2) is 0 Å². The van der Waals surface area contributed by atoms with Gasteiger partial charge in [-0.3, -0.25) is 0 Å². The van der Waals surface area contributed by atoms with Crippen molar-refractivity contribution in [3.8, 4) is 0 Å². The molecule has 0 spiro atoms. The van der Waals surface area contributed by atoms with Gasteiger partial charge in [-0.25, -0.2) is 0 Å². The number of hydrogen-bond donors (Lipinski definition) is 4. The first-order valence-electron chi connectivity index (χ1n) is 2.17. The molecule has 1 radical (unpaired) electrons. The third kappa shape index (κ3) is 5.71. The normalized spacial score (nSPS) is 16.0. The van der Waals surface area contributed by atoms with Crippen LogP contribution >= 0.6 is 0 Å². The summed E-state index contributed by atoms with van der Waals surface area (Å²) in [6.07, 6.45) is -2.63. The van der Waals surface area contributed by atoms with Gasteiger partial charge in [-0.05, 0) is 6.10 Å². The maximum absolute atomic E-state index is 8.44. The number of rotatable bonds is 3. The van der Waals surface area contributed by atoms with Crippen LogP contribution in [-0.2, 0) is 0 Å². The van der Waals surface area contributed by atoms with Gasteiger partial charge in [0.1, 0.15) is 0 Å². The fourth-order valence-electron chi connectivity index (χ4n) is 0.207. The van der Waals surface area contributed by atoms with Gasteiger partial charge in [-0.15, -0.1) is 0 Å². The van der Waals surface area contributed by atoms with Crippen LogP contribution in [0.4, 0.5) is 0 Å². The molecule has 0 aromatic carbocycles. The molecule has 0 amide bonds. The van der Waals surface area contributed by atoms with Gasteiger partial charge >= 0.3 is 0 Å². The fourth-order valence-corrected chi connectivity index (χ4v) is 0.207. The van der Waals surface area contributed by atoms with Gasteiger partial charge in [0.05, 0.1) is 12.7 Å². The molecule has 0 aliphatic rings. The van der Waals surface area contributed by atoms with Crippen LogP contribution in [0.2, 0.25) is 0 Å². The zero-order valence-corrected chi connectivity index (χ0v) is 9.55. The summed E-state index contributed by atoms with van der Waals surface area (Å²) in [7, 11) is 0. The third-order valence-electron chi connectivity index (χ3n) is 0.734. The summed E-state index contributed by atoms with van der Waals surface area (Å²) < 4.78 is 0. The first-order chi connectivity index (χ1) is 3.72. The van der Waals surface area contributed by atoms with E-state index >= 15 is 0 Å². The van der Waals surface area contributed by atoms with Crippen LogP contribution in [0.25, 0.3) is 0 Å². The maximum Gasteiger partial charge on any atom is 0.0769 e. The summed E-state index contributed by atoms with van der Waals surface area (Å²) in [5.41, 5.74) is 0. The van der Waals surface area contributed by atoms with Gasteiger partial charge in [-0.2, -0.15) is 6.61 Å². The Morgan fingerprint density at radius 2 is 1.78 bits per heavy atom. The quantitative estimate of drug-likeness (QED) is 0.456. The summed E-state index contributed by atoms with van der Waals surface area (Å²) in [6, 6.07) is 0. The Morgan fingerprint density at radius 3 is 1.89 bits per heavy atom. The Labute approximate surface area is 89.1 Å². The summed E-state index contributed by atoms with van der Waals surface area (Å²) in [5, 5.41) is 32.9.